The topological polar surface area (TPSA) is 107 Å². The van der Waals surface area contributed by atoms with Gasteiger partial charge in [0.05, 0.1) is 25.3 Å². The number of hydrogen-bond acceptors (Lipinski definition) is 8. The molecule has 0 unspecified atom stereocenters. The molecule has 8 nitrogen and oxygen atoms in total. The van der Waals surface area contributed by atoms with E-state index in [1.807, 2.05) is 0 Å². The number of nitrogen functional groups attached to an aromatic ring is 1. The van der Waals surface area contributed by atoms with E-state index in [2.05, 4.69) is 25.6 Å². The zero-order valence-corrected chi connectivity index (χ0v) is 15.7. The Hall–Kier alpha value is -3.50. The molecule has 29 heavy (non-hydrogen) atoms. The predicted molar refractivity (Wildman–Crippen MR) is 103 cm³/mol. The second-order valence-electron chi connectivity index (χ2n) is 5.94. The Morgan fingerprint density at radius 2 is 1.69 bits per heavy atom. The lowest BCUT2D eigenvalue weighted by atomic mass is 10.2. The van der Waals surface area contributed by atoms with Gasteiger partial charge < -0.3 is 25.8 Å². The number of anilines is 3. The quantitative estimate of drug-likeness (QED) is 0.512. The maximum atomic E-state index is 12.5. The molecule has 154 valence electrons. The number of rotatable bonds is 7. The molecule has 0 amide bonds. The molecule has 0 aliphatic rings. The van der Waals surface area contributed by atoms with Crippen molar-refractivity contribution in [2.45, 2.75) is 6.18 Å². The van der Waals surface area contributed by atoms with Gasteiger partial charge in [-0.15, -0.1) is 0 Å². The summed E-state index contributed by atoms with van der Waals surface area (Å²) in [6.45, 7) is 0.770. The minimum Gasteiger partial charge on any atom is -0.493 e. The third kappa shape index (κ3) is 4.68. The van der Waals surface area contributed by atoms with Crippen LogP contribution in [-0.2, 0) is 6.18 Å². The van der Waals surface area contributed by atoms with Gasteiger partial charge >= 0.3 is 6.18 Å². The number of pyridine rings is 1. The average molecular weight is 408 g/mol. The van der Waals surface area contributed by atoms with Gasteiger partial charge in [-0.05, 0) is 18.2 Å². The van der Waals surface area contributed by atoms with Gasteiger partial charge in [-0.25, -0.2) is 9.97 Å². The Morgan fingerprint density at radius 3 is 2.31 bits per heavy atom. The third-order valence-electron chi connectivity index (χ3n) is 4.04. The monoisotopic (exact) mass is 408 g/mol. The van der Waals surface area contributed by atoms with Gasteiger partial charge in [0.2, 0.25) is 5.95 Å². The standard InChI is InChI=1S/C18H19F3N6O2/c1-28-13-7-11-12(8-14(13)29-2)26-17(27-16(11)22)24-6-5-23-15-4-3-10(9-25-15)18(19,20)21/h3-4,7-9H,5-6H2,1-2H3,(H,23,25)(H3,22,24,26,27). The summed E-state index contributed by atoms with van der Waals surface area (Å²) < 4.78 is 48.1. The zero-order chi connectivity index (χ0) is 21.0. The predicted octanol–water partition coefficient (Wildman–Crippen LogP) is 3.17. The average Bonchev–Trinajstić information content (AvgIpc) is 2.70. The normalized spacial score (nSPS) is 11.3. The number of fused-ring (bicyclic) bond motifs is 1. The van der Waals surface area contributed by atoms with Crippen molar-refractivity contribution in [3.05, 3.63) is 36.0 Å². The molecular weight excluding hydrogens is 389 g/mol. The van der Waals surface area contributed by atoms with Gasteiger partial charge in [0.1, 0.15) is 11.6 Å². The number of nitrogens with zero attached hydrogens (tertiary/aromatic N) is 3. The van der Waals surface area contributed by atoms with E-state index in [1.165, 1.54) is 20.3 Å². The highest BCUT2D eigenvalue weighted by Crippen LogP contribution is 2.33. The van der Waals surface area contributed by atoms with Crippen LogP contribution in [0.4, 0.5) is 30.8 Å². The Kier molecular flexibility index (Phi) is 5.76. The van der Waals surface area contributed by atoms with Crippen molar-refractivity contribution in [2.24, 2.45) is 0 Å². The van der Waals surface area contributed by atoms with Crippen molar-refractivity contribution < 1.29 is 22.6 Å². The second-order valence-corrected chi connectivity index (χ2v) is 5.94. The Balaban J connectivity index is 1.63. The van der Waals surface area contributed by atoms with Crippen molar-refractivity contribution in [1.82, 2.24) is 15.0 Å². The number of hydrogen-bond donors (Lipinski definition) is 3. The molecule has 0 aliphatic carbocycles. The summed E-state index contributed by atoms with van der Waals surface area (Å²) in [5.74, 6) is 1.94. The first-order valence-electron chi connectivity index (χ1n) is 8.52. The summed E-state index contributed by atoms with van der Waals surface area (Å²) in [5, 5.41) is 6.54. The fraction of sp³-hybridized carbons (Fsp3) is 0.278. The van der Waals surface area contributed by atoms with Gasteiger partial charge in [-0.2, -0.15) is 18.2 Å². The van der Waals surface area contributed by atoms with E-state index in [9.17, 15) is 13.2 Å². The van der Waals surface area contributed by atoms with Crippen molar-refractivity contribution >= 4 is 28.5 Å². The summed E-state index contributed by atoms with van der Waals surface area (Å²) >= 11 is 0. The van der Waals surface area contributed by atoms with E-state index in [0.717, 1.165) is 12.3 Å². The molecule has 0 saturated heterocycles. The lowest BCUT2D eigenvalue weighted by Crippen LogP contribution is -2.16. The van der Waals surface area contributed by atoms with E-state index >= 15 is 0 Å². The molecule has 4 N–H and O–H groups in total. The molecule has 3 aromatic rings. The molecule has 0 radical (unpaired) electrons. The zero-order valence-electron chi connectivity index (χ0n) is 15.7. The molecule has 11 heteroatoms. The van der Waals surface area contributed by atoms with Crippen LogP contribution in [0.25, 0.3) is 10.9 Å². The molecule has 0 bridgehead atoms. The van der Waals surface area contributed by atoms with E-state index in [0.29, 0.717) is 47.3 Å². The van der Waals surface area contributed by atoms with Gasteiger partial charge in [-0.3, -0.25) is 0 Å². The highest BCUT2D eigenvalue weighted by molar-refractivity contribution is 5.91. The number of methoxy groups -OCH3 is 2. The van der Waals surface area contributed by atoms with Crippen LogP contribution in [0.1, 0.15) is 5.56 Å². The molecule has 0 spiro atoms. The highest BCUT2D eigenvalue weighted by atomic mass is 19.4. The summed E-state index contributed by atoms with van der Waals surface area (Å²) in [4.78, 5) is 12.3. The summed E-state index contributed by atoms with van der Waals surface area (Å²) in [6.07, 6.45) is -3.63. The van der Waals surface area contributed by atoms with Crippen molar-refractivity contribution in [3.63, 3.8) is 0 Å². The highest BCUT2D eigenvalue weighted by Gasteiger charge is 2.30. The maximum absolute atomic E-state index is 12.5. The first-order valence-corrected chi connectivity index (χ1v) is 8.52. The smallest absolute Gasteiger partial charge is 0.417 e. The summed E-state index contributed by atoms with van der Waals surface area (Å²) in [6, 6.07) is 5.64. The lowest BCUT2D eigenvalue weighted by molar-refractivity contribution is -0.137. The number of benzene rings is 1. The Bertz CT molecular complexity index is 996. The number of ether oxygens (including phenoxy) is 2. The molecule has 3 rings (SSSR count). The van der Waals surface area contributed by atoms with Crippen LogP contribution in [0, 0.1) is 0 Å². The first kappa shape index (κ1) is 20.2. The lowest BCUT2D eigenvalue weighted by Gasteiger charge is -2.12. The second kappa shape index (κ2) is 8.25. The van der Waals surface area contributed by atoms with Crippen LogP contribution >= 0.6 is 0 Å². The van der Waals surface area contributed by atoms with E-state index < -0.39 is 11.7 Å². The number of nitrogens with one attached hydrogen (secondary N) is 2. The van der Waals surface area contributed by atoms with Gasteiger partial charge in [-0.1, -0.05) is 0 Å². The fourth-order valence-electron chi connectivity index (χ4n) is 2.59. The molecule has 0 fully saturated rings. The van der Waals surface area contributed by atoms with Crippen LogP contribution in [0.2, 0.25) is 0 Å². The molecule has 0 saturated carbocycles. The SMILES string of the molecule is COc1cc2nc(NCCNc3ccc(C(F)(F)F)cn3)nc(N)c2cc1OC. The van der Waals surface area contributed by atoms with Crippen molar-refractivity contribution in [2.75, 3.05) is 43.7 Å². The molecular formula is C18H19F3N6O2. The number of halogens is 3. The van der Waals surface area contributed by atoms with Crippen LogP contribution in [0.15, 0.2) is 30.5 Å². The fourth-order valence-corrected chi connectivity index (χ4v) is 2.59. The van der Waals surface area contributed by atoms with E-state index in [-0.39, 0.29) is 5.82 Å². The number of nitrogens with two attached hydrogens (primary N) is 1. The van der Waals surface area contributed by atoms with E-state index in [1.54, 1.807) is 12.1 Å². The molecule has 0 atom stereocenters. The largest absolute Gasteiger partial charge is 0.493 e. The van der Waals surface area contributed by atoms with Crippen LogP contribution < -0.4 is 25.8 Å². The Morgan fingerprint density at radius 1 is 1.00 bits per heavy atom. The third-order valence-corrected chi connectivity index (χ3v) is 4.04. The number of aromatic nitrogens is 3. The molecule has 2 heterocycles. The molecule has 1 aromatic carbocycles. The summed E-state index contributed by atoms with van der Waals surface area (Å²) in [5.41, 5.74) is 5.79. The first-order chi connectivity index (χ1) is 13.8. The van der Waals surface area contributed by atoms with Crippen LogP contribution in [0.3, 0.4) is 0 Å². The van der Waals surface area contributed by atoms with Crippen LogP contribution in [-0.4, -0.2) is 42.3 Å². The van der Waals surface area contributed by atoms with Crippen LogP contribution in [0.5, 0.6) is 11.5 Å². The summed E-state index contributed by atoms with van der Waals surface area (Å²) in [7, 11) is 3.05. The minimum atomic E-state index is -4.41. The van der Waals surface area contributed by atoms with Crippen molar-refractivity contribution in [1.29, 1.82) is 0 Å². The van der Waals surface area contributed by atoms with Gasteiger partial charge in [0, 0.05) is 30.7 Å². The van der Waals surface area contributed by atoms with Gasteiger partial charge in [0.15, 0.2) is 11.5 Å². The molecule has 0 aliphatic heterocycles. The molecule has 2 aromatic heterocycles. The minimum absolute atomic E-state index is 0.274. The van der Waals surface area contributed by atoms with Crippen molar-refractivity contribution in [3.8, 4) is 11.5 Å². The van der Waals surface area contributed by atoms with Gasteiger partial charge in [0.25, 0.3) is 0 Å². The Labute approximate surface area is 164 Å². The number of alkyl halides is 3. The maximum Gasteiger partial charge on any atom is 0.417 e. The van der Waals surface area contributed by atoms with E-state index in [4.69, 9.17) is 15.2 Å².